The van der Waals surface area contributed by atoms with Gasteiger partial charge in [-0.2, -0.15) is 0 Å². The number of ether oxygens (including phenoxy) is 3. The van der Waals surface area contributed by atoms with Crippen molar-refractivity contribution in [2.45, 2.75) is 12.5 Å². The number of aromatic nitrogens is 1. The van der Waals surface area contributed by atoms with Crippen LogP contribution in [0.15, 0.2) is 67.0 Å². The van der Waals surface area contributed by atoms with E-state index in [1.807, 2.05) is 59.4 Å². The summed E-state index contributed by atoms with van der Waals surface area (Å²) in [4.78, 5) is 12.7. The van der Waals surface area contributed by atoms with Crippen molar-refractivity contribution in [2.24, 2.45) is 0 Å². The second kappa shape index (κ2) is 7.45. The highest BCUT2D eigenvalue weighted by Crippen LogP contribution is 2.34. The number of rotatable bonds is 6. The summed E-state index contributed by atoms with van der Waals surface area (Å²) in [6.07, 6.45) is 4.20. The van der Waals surface area contributed by atoms with Crippen molar-refractivity contribution in [2.75, 3.05) is 19.2 Å². The van der Waals surface area contributed by atoms with E-state index >= 15 is 0 Å². The van der Waals surface area contributed by atoms with Gasteiger partial charge < -0.3 is 24.1 Å². The van der Waals surface area contributed by atoms with Crippen LogP contribution in [0.5, 0.6) is 17.2 Å². The van der Waals surface area contributed by atoms with Crippen molar-refractivity contribution >= 4 is 11.6 Å². The van der Waals surface area contributed by atoms with Gasteiger partial charge in [0, 0.05) is 24.1 Å². The van der Waals surface area contributed by atoms with Crippen LogP contribution in [-0.4, -0.2) is 24.4 Å². The van der Waals surface area contributed by atoms with Gasteiger partial charge in [0.15, 0.2) is 11.5 Å². The minimum absolute atomic E-state index is 0.0876. The van der Waals surface area contributed by atoms with Crippen LogP contribution in [-0.2, 0) is 4.79 Å². The Bertz CT molecular complexity index is 937. The molecule has 2 heterocycles. The number of amides is 1. The molecule has 0 fully saturated rings. The average Bonchev–Trinajstić information content (AvgIpc) is 3.37. The first-order valence-corrected chi connectivity index (χ1v) is 8.69. The molecule has 1 atom stereocenters. The zero-order chi connectivity index (χ0) is 18.6. The predicted octanol–water partition coefficient (Wildman–Crippen LogP) is 3.84. The van der Waals surface area contributed by atoms with Crippen molar-refractivity contribution in [3.63, 3.8) is 0 Å². The highest BCUT2D eigenvalue weighted by molar-refractivity contribution is 5.91. The summed E-state index contributed by atoms with van der Waals surface area (Å²) < 4.78 is 18.0. The number of hydrogen-bond acceptors (Lipinski definition) is 4. The summed E-state index contributed by atoms with van der Waals surface area (Å²) in [5.74, 6) is 2.01. The molecule has 0 bridgehead atoms. The molecule has 1 aliphatic rings. The summed E-state index contributed by atoms with van der Waals surface area (Å²) in [5, 5.41) is 2.94. The molecular formula is C21H20N2O4. The molecule has 0 unspecified atom stereocenters. The fourth-order valence-electron chi connectivity index (χ4n) is 3.16. The molecule has 6 heteroatoms. The van der Waals surface area contributed by atoms with Crippen LogP contribution in [0.4, 0.5) is 5.69 Å². The van der Waals surface area contributed by atoms with E-state index in [0.29, 0.717) is 17.2 Å². The molecular weight excluding hydrogens is 344 g/mol. The SMILES string of the molecule is COc1cccc([C@@H](CC(=O)Nc2ccc3c(c2)OCO3)n2cccc2)c1. The van der Waals surface area contributed by atoms with E-state index in [4.69, 9.17) is 14.2 Å². The molecule has 6 nitrogen and oxygen atoms in total. The molecule has 1 aromatic heterocycles. The maximum Gasteiger partial charge on any atom is 0.231 e. The Kier molecular flexibility index (Phi) is 4.70. The van der Waals surface area contributed by atoms with Crippen molar-refractivity contribution in [3.8, 4) is 17.2 Å². The molecule has 1 amide bonds. The first kappa shape index (κ1) is 17.0. The second-order valence-electron chi connectivity index (χ2n) is 6.24. The number of nitrogens with zero attached hydrogens (tertiary/aromatic N) is 1. The summed E-state index contributed by atoms with van der Waals surface area (Å²) in [6, 6.07) is 16.9. The number of carbonyl (C=O) groups is 1. The Morgan fingerprint density at radius 2 is 1.93 bits per heavy atom. The van der Waals surface area contributed by atoms with Crippen molar-refractivity contribution < 1.29 is 19.0 Å². The van der Waals surface area contributed by atoms with Gasteiger partial charge in [-0.1, -0.05) is 12.1 Å². The summed E-state index contributed by atoms with van der Waals surface area (Å²) in [6.45, 7) is 0.207. The fourth-order valence-corrected chi connectivity index (χ4v) is 3.16. The maximum absolute atomic E-state index is 12.7. The minimum Gasteiger partial charge on any atom is -0.497 e. The van der Waals surface area contributed by atoms with Gasteiger partial charge >= 0.3 is 0 Å². The molecule has 0 saturated carbocycles. The van der Waals surface area contributed by atoms with Crippen molar-refractivity contribution in [1.29, 1.82) is 0 Å². The number of methoxy groups -OCH3 is 1. The summed E-state index contributed by atoms with van der Waals surface area (Å²) in [5.41, 5.74) is 1.69. The van der Waals surface area contributed by atoms with Gasteiger partial charge in [0.25, 0.3) is 0 Å². The van der Waals surface area contributed by atoms with Gasteiger partial charge in [-0.3, -0.25) is 4.79 Å². The van der Waals surface area contributed by atoms with Gasteiger partial charge in [0.2, 0.25) is 12.7 Å². The average molecular weight is 364 g/mol. The second-order valence-corrected chi connectivity index (χ2v) is 6.24. The highest BCUT2D eigenvalue weighted by Gasteiger charge is 2.19. The maximum atomic E-state index is 12.7. The fraction of sp³-hybridized carbons (Fsp3) is 0.190. The number of fused-ring (bicyclic) bond motifs is 1. The van der Waals surface area contributed by atoms with Crippen LogP contribution >= 0.6 is 0 Å². The number of anilines is 1. The van der Waals surface area contributed by atoms with E-state index < -0.39 is 0 Å². The normalized spacial score (nSPS) is 13.2. The number of hydrogen-bond donors (Lipinski definition) is 1. The standard InChI is InChI=1S/C21H20N2O4/c1-25-17-6-4-5-15(11-17)18(23-9-2-3-10-23)13-21(24)22-16-7-8-19-20(12-16)27-14-26-19/h2-12,18H,13-14H2,1H3,(H,22,24)/t18-/m1/s1. The molecule has 27 heavy (non-hydrogen) atoms. The quantitative estimate of drug-likeness (QED) is 0.722. The van der Waals surface area contributed by atoms with Gasteiger partial charge in [-0.25, -0.2) is 0 Å². The Labute approximate surface area is 157 Å². The lowest BCUT2D eigenvalue weighted by atomic mass is 10.0. The van der Waals surface area contributed by atoms with E-state index in [2.05, 4.69) is 5.32 Å². The first-order chi connectivity index (χ1) is 13.2. The van der Waals surface area contributed by atoms with Gasteiger partial charge in [0.1, 0.15) is 5.75 Å². The number of nitrogens with one attached hydrogen (secondary N) is 1. The molecule has 1 N–H and O–H groups in total. The molecule has 0 radical (unpaired) electrons. The van der Waals surface area contributed by atoms with Crippen LogP contribution in [0.3, 0.4) is 0 Å². The Morgan fingerprint density at radius 1 is 1.11 bits per heavy atom. The lowest BCUT2D eigenvalue weighted by Gasteiger charge is -2.20. The lowest BCUT2D eigenvalue weighted by Crippen LogP contribution is -2.19. The molecule has 4 rings (SSSR count). The molecule has 0 saturated heterocycles. The van der Waals surface area contributed by atoms with Gasteiger partial charge in [0.05, 0.1) is 19.6 Å². The molecule has 138 valence electrons. The van der Waals surface area contributed by atoms with E-state index in [0.717, 1.165) is 11.3 Å². The molecule has 3 aromatic rings. The smallest absolute Gasteiger partial charge is 0.231 e. The van der Waals surface area contributed by atoms with E-state index in [-0.39, 0.29) is 25.2 Å². The number of carbonyl (C=O) groups excluding carboxylic acids is 1. The Morgan fingerprint density at radius 3 is 2.74 bits per heavy atom. The lowest BCUT2D eigenvalue weighted by molar-refractivity contribution is -0.116. The first-order valence-electron chi connectivity index (χ1n) is 8.69. The monoisotopic (exact) mass is 364 g/mol. The van der Waals surface area contributed by atoms with E-state index in [1.165, 1.54) is 0 Å². The Balaban J connectivity index is 1.53. The van der Waals surface area contributed by atoms with Crippen LogP contribution in [0.25, 0.3) is 0 Å². The molecule has 0 spiro atoms. The third kappa shape index (κ3) is 3.74. The summed E-state index contributed by atoms with van der Waals surface area (Å²) in [7, 11) is 1.64. The van der Waals surface area contributed by atoms with Gasteiger partial charge in [-0.15, -0.1) is 0 Å². The number of benzene rings is 2. The van der Waals surface area contributed by atoms with Crippen molar-refractivity contribution in [1.82, 2.24) is 4.57 Å². The zero-order valence-corrected chi connectivity index (χ0v) is 14.9. The largest absolute Gasteiger partial charge is 0.497 e. The summed E-state index contributed by atoms with van der Waals surface area (Å²) >= 11 is 0. The predicted molar refractivity (Wildman–Crippen MR) is 101 cm³/mol. The van der Waals surface area contributed by atoms with Crippen LogP contribution in [0, 0.1) is 0 Å². The molecule has 1 aliphatic heterocycles. The van der Waals surface area contributed by atoms with Crippen LogP contribution in [0.2, 0.25) is 0 Å². The third-order valence-electron chi connectivity index (χ3n) is 4.50. The van der Waals surface area contributed by atoms with Gasteiger partial charge in [-0.05, 0) is 42.0 Å². The van der Waals surface area contributed by atoms with E-state index in [9.17, 15) is 4.79 Å². The topological polar surface area (TPSA) is 61.7 Å². The highest BCUT2D eigenvalue weighted by atomic mass is 16.7. The van der Waals surface area contributed by atoms with Crippen LogP contribution in [0.1, 0.15) is 18.0 Å². The molecule has 2 aromatic carbocycles. The zero-order valence-electron chi connectivity index (χ0n) is 14.9. The Hall–Kier alpha value is -3.41. The third-order valence-corrected chi connectivity index (χ3v) is 4.50. The minimum atomic E-state index is -0.135. The van der Waals surface area contributed by atoms with Crippen molar-refractivity contribution in [3.05, 3.63) is 72.6 Å². The van der Waals surface area contributed by atoms with Crippen LogP contribution < -0.4 is 19.5 Å². The van der Waals surface area contributed by atoms with E-state index in [1.54, 1.807) is 19.2 Å². The molecule has 0 aliphatic carbocycles.